The van der Waals surface area contributed by atoms with E-state index < -0.39 is 9.75 Å². The van der Waals surface area contributed by atoms with Crippen molar-refractivity contribution in [2.45, 2.75) is 30.5 Å². The molecule has 6 heteroatoms. The van der Waals surface area contributed by atoms with E-state index in [1.807, 2.05) is 23.1 Å². The third kappa shape index (κ3) is 2.54. The van der Waals surface area contributed by atoms with Gasteiger partial charge in [0.05, 0.1) is 5.41 Å². The van der Waals surface area contributed by atoms with Crippen LogP contribution in [0.2, 0.25) is 0 Å². The number of anilines is 1. The minimum absolute atomic E-state index is 0.208. The molecule has 0 radical (unpaired) electrons. The van der Waals surface area contributed by atoms with Crippen LogP contribution < -0.4 is 10.2 Å². The molecule has 1 aromatic rings. The molecule has 1 aromatic carbocycles. The number of carbonyl (C=O) groups is 1. The number of fused-ring (bicyclic) bond motifs is 1. The first kappa shape index (κ1) is 15.1. The van der Waals surface area contributed by atoms with E-state index in [-0.39, 0.29) is 5.91 Å². The second kappa shape index (κ2) is 5.11. The second-order valence-corrected chi connectivity index (χ2v) is 7.73. The fourth-order valence-electron chi connectivity index (χ4n) is 2.69. The van der Waals surface area contributed by atoms with Crippen LogP contribution in [-0.4, -0.2) is 21.9 Å². The number of amides is 1. The zero-order valence-corrected chi connectivity index (χ0v) is 14.0. The summed E-state index contributed by atoms with van der Waals surface area (Å²) in [7, 11) is 0. The number of hydrogen-bond donors (Lipinski definition) is 1. The molecule has 0 aromatic heterocycles. The molecule has 0 saturated heterocycles. The van der Waals surface area contributed by atoms with Crippen LogP contribution in [0.1, 0.15) is 25.3 Å². The van der Waals surface area contributed by atoms with Gasteiger partial charge in [-0.15, -0.1) is 23.2 Å². The molecular formula is C15H16Cl2N2OS. The molecule has 112 valence electrons. The Morgan fingerprint density at radius 3 is 2.71 bits per heavy atom. The SMILES string of the molecule is C[C@@]1(C(=O)NC(=S)N2CCCc3ccccc32)CC1(Cl)Cl. The average molecular weight is 343 g/mol. The maximum atomic E-state index is 12.3. The Morgan fingerprint density at radius 1 is 1.38 bits per heavy atom. The number of halogens is 2. The van der Waals surface area contributed by atoms with Gasteiger partial charge in [-0.1, -0.05) is 18.2 Å². The molecule has 1 heterocycles. The van der Waals surface area contributed by atoms with Gasteiger partial charge in [0, 0.05) is 12.2 Å². The number of rotatable bonds is 1. The predicted octanol–water partition coefficient (Wildman–Crippen LogP) is 3.42. The number of nitrogens with zero attached hydrogens (tertiary/aromatic N) is 1. The minimum Gasteiger partial charge on any atom is -0.318 e. The van der Waals surface area contributed by atoms with Gasteiger partial charge in [-0.05, 0) is 50.0 Å². The van der Waals surface area contributed by atoms with Crippen molar-refractivity contribution in [1.82, 2.24) is 5.32 Å². The molecular weight excluding hydrogens is 327 g/mol. The van der Waals surface area contributed by atoms with Crippen LogP contribution in [0, 0.1) is 5.41 Å². The summed E-state index contributed by atoms with van der Waals surface area (Å²) in [6.07, 6.45) is 2.50. The molecule has 1 aliphatic carbocycles. The first-order chi connectivity index (χ1) is 9.85. The molecule has 3 rings (SSSR count). The lowest BCUT2D eigenvalue weighted by Gasteiger charge is -2.31. The number of alkyl halides is 2. The van der Waals surface area contributed by atoms with Gasteiger partial charge in [0.2, 0.25) is 5.91 Å². The normalized spacial score (nSPS) is 26.0. The Bertz CT molecular complexity index is 619. The minimum atomic E-state index is -0.980. The predicted molar refractivity (Wildman–Crippen MR) is 90.0 cm³/mol. The van der Waals surface area contributed by atoms with Crippen LogP contribution in [0.15, 0.2) is 24.3 Å². The Labute approximate surface area is 139 Å². The van der Waals surface area contributed by atoms with Gasteiger partial charge >= 0.3 is 0 Å². The highest BCUT2D eigenvalue weighted by atomic mass is 35.5. The highest BCUT2D eigenvalue weighted by Crippen LogP contribution is 2.63. The van der Waals surface area contributed by atoms with Crippen molar-refractivity contribution in [2.24, 2.45) is 5.41 Å². The van der Waals surface area contributed by atoms with E-state index in [9.17, 15) is 4.79 Å². The largest absolute Gasteiger partial charge is 0.318 e. The van der Waals surface area contributed by atoms with Crippen molar-refractivity contribution in [3.63, 3.8) is 0 Å². The Balaban J connectivity index is 1.74. The van der Waals surface area contributed by atoms with E-state index in [0.717, 1.165) is 25.1 Å². The van der Waals surface area contributed by atoms with Gasteiger partial charge < -0.3 is 10.2 Å². The van der Waals surface area contributed by atoms with Crippen LogP contribution in [0.5, 0.6) is 0 Å². The second-order valence-electron chi connectivity index (χ2n) is 5.86. The van der Waals surface area contributed by atoms with Crippen molar-refractivity contribution >= 4 is 52.1 Å². The van der Waals surface area contributed by atoms with Crippen molar-refractivity contribution < 1.29 is 4.79 Å². The molecule has 1 saturated carbocycles. The number of hydrogen-bond acceptors (Lipinski definition) is 2. The van der Waals surface area contributed by atoms with Gasteiger partial charge in [0.1, 0.15) is 4.33 Å². The summed E-state index contributed by atoms with van der Waals surface area (Å²) >= 11 is 17.5. The van der Waals surface area contributed by atoms with Crippen LogP contribution >= 0.6 is 35.4 Å². The maximum absolute atomic E-state index is 12.3. The average Bonchev–Trinajstić information content (AvgIpc) is 2.98. The first-order valence-electron chi connectivity index (χ1n) is 6.94. The standard InChI is InChI=1S/C15H16Cl2N2OS/c1-14(9-15(14,16)17)12(20)18-13(21)19-8-4-6-10-5-2-3-7-11(10)19/h2-3,5,7H,4,6,8-9H2,1H3,(H,18,20,21)/t14-/m0/s1. The number of carbonyl (C=O) groups excluding carboxylic acids is 1. The quantitative estimate of drug-likeness (QED) is 0.626. The topological polar surface area (TPSA) is 32.3 Å². The monoisotopic (exact) mass is 342 g/mol. The highest BCUT2D eigenvalue weighted by molar-refractivity contribution is 7.80. The highest BCUT2D eigenvalue weighted by Gasteiger charge is 2.68. The van der Waals surface area contributed by atoms with E-state index in [1.54, 1.807) is 6.92 Å². The molecule has 1 aliphatic heterocycles. The van der Waals surface area contributed by atoms with Crippen molar-refractivity contribution in [1.29, 1.82) is 0 Å². The Morgan fingerprint density at radius 2 is 2.05 bits per heavy atom. The van der Waals surface area contributed by atoms with Crippen molar-refractivity contribution in [3.8, 4) is 0 Å². The Hall–Kier alpha value is -0.840. The molecule has 0 spiro atoms. The van der Waals surface area contributed by atoms with Gasteiger partial charge in [-0.3, -0.25) is 4.79 Å². The number of nitrogens with one attached hydrogen (secondary N) is 1. The molecule has 0 bridgehead atoms. The lowest BCUT2D eigenvalue weighted by atomic mass is 10.0. The van der Waals surface area contributed by atoms with E-state index in [0.29, 0.717) is 11.5 Å². The van der Waals surface area contributed by atoms with Gasteiger partial charge in [0.15, 0.2) is 5.11 Å². The number of thiocarbonyl (C=S) groups is 1. The van der Waals surface area contributed by atoms with Gasteiger partial charge in [-0.25, -0.2) is 0 Å². The lowest BCUT2D eigenvalue weighted by Crippen LogP contribution is -2.47. The lowest BCUT2D eigenvalue weighted by molar-refractivity contribution is -0.124. The molecule has 21 heavy (non-hydrogen) atoms. The molecule has 1 atom stereocenters. The van der Waals surface area contributed by atoms with Crippen molar-refractivity contribution in [3.05, 3.63) is 29.8 Å². The van der Waals surface area contributed by atoms with Crippen molar-refractivity contribution in [2.75, 3.05) is 11.4 Å². The number of para-hydroxylation sites is 1. The van der Waals surface area contributed by atoms with Crippen LogP contribution in [0.25, 0.3) is 0 Å². The third-order valence-electron chi connectivity index (χ3n) is 4.33. The Kier molecular flexibility index (Phi) is 3.67. The smallest absolute Gasteiger partial charge is 0.235 e. The summed E-state index contributed by atoms with van der Waals surface area (Å²) in [5, 5.41) is 3.22. The summed E-state index contributed by atoms with van der Waals surface area (Å²) in [5.74, 6) is -0.208. The molecule has 2 aliphatic rings. The summed E-state index contributed by atoms with van der Waals surface area (Å²) in [6, 6.07) is 8.12. The van der Waals surface area contributed by atoms with E-state index in [4.69, 9.17) is 35.4 Å². The maximum Gasteiger partial charge on any atom is 0.235 e. The van der Waals surface area contributed by atoms with Gasteiger partial charge in [-0.2, -0.15) is 0 Å². The molecule has 0 unspecified atom stereocenters. The number of benzene rings is 1. The summed E-state index contributed by atoms with van der Waals surface area (Å²) in [6.45, 7) is 2.56. The zero-order chi connectivity index (χ0) is 15.3. The summed E-state index contributed by atoms with van der Waals surface area (Å²) < 4.78 is -0.980. The molecule has 1 amide bonds. The summed E-state index contributed by atoms with van der Waals surface area (Å²) in [5.41, 5.74) is 1.56. The first-order valence-corrected chi connectivity index (χ1v) is 8.10. The third-order valence-corrected chi connectivity index (χ3v) is 5.76. The molecule has 1 fully saturated rings. The van der Waals surface area contributed by atoms with Crippen LogP contribution in [0.3, 0.4) is 0 Å². The fourth-order valence-corrected chi connectivity index (χ4v) is 3.68. The fraction of sp³-hybridized carbons (Fsp3) is 0.467. The molecule has 3 nitrogen and oxygen atoms in total. The van der Waals surface area contributed by atoms with E-state index >= 15 is 0 Å². The van der Waals surface area contributed by atoms with Gasteiger partial charge in [0.25, 0.3) is 0 Å². The van der Waals surface area contributed by atoms with E-state index in [1.165, 1.54) is 5.56 Å². The zero-order valence-electron chi connectivity index (χ0n) is 11.7. The van der Waals surface area contributed by atoms with E-state index in [2.05, 4.69) is 11.4 Å². The summed E-state index contributed by atoms with van der Waals surface area (Å²) in [4.78, 5) is 14.3. The van der Waals surface area contributed by atoms with Crippen LogP contribution in [0.4, 0.5) is 5.69 Å². The molecule has 1 N–H and O–H groups in total. The number of aryl methyl sites for hydroxylation is 1. The van der Waals surface area contributed by atoms with Crippen LogP contribution in [-0.2, 0) is 11.2 Å².